The maximum absolute atomic E-state index is 10.6. The molecule has 1 fully saturated rings. The van der Waals surface area contributed by atoms with Crippen LogP contribution in [0.1, 0.15) is 24.8 Å². The number of benzene rings is 2. The Morgan fingerprint density at radius 3 is 2.79 bits per heavy atom. The van der Waals surface area contributed by atoms with Crippen molar-refractivity contribution in [1.29, 1.82) is 0 Å². The molecule has 2 bridgehead atoms. The Hall–Kier alpha value is -2.33. The number of fused-ring (bicyclic) bond motifs is 3. The molecule has 0 aliphatic carbocycles. The topological polar surface area (TPSA) is 52.6 Å². The van der Waals surface area contributed by atoms with Crippen molar-refractivity contribution in [2.24, 2.45) is 0 Å². The van der Waals surface area contributed by atoms with E-state index in [4.69, 9.17) is 5.11 Å². The summed E-state index contributed by atoms with van der Waals surface area (Å²) < 4.78 is 0. The molecule has 124 valence electrons. The monoisotopic (exact) mass is 322 g/mol. The highest BCUT2D eigenvalue weighted by molar-refractivity contribution is 5.86. The summed E-state index contributed by atoms with van der Waals surface area (Å²) in [6.07, 6.45) is 4.89. The van der Waals surface area contributed by atoms with E-state index in [0.717, 1.165) is 13.0 Å². The molecular formula is C20H22N2O2. The molecule has 2 heterocycles. The number of hydrogen-bond donors (Lipinski definition) is 2. The molecule has 4 rings (SSSR count). The third kappa shape index (κ3) is 2.89. The lowest BCUT2D eigenvalue weighted by Crippen LogP contribution is -2.43. The number of hydrogen-bond acceptors (Lipinski definition) is 2. The van der Waals surface area contributed by atoms with Gasteiger partial charge in [0, 0.05) is 25.2 Å². The number of amides is 1. The first-order valence-electron chi connectivity index (χ1n) is 8.63. The van der Waals surface area contributed by atoms with Crippen LogP contribution in [-0.4, -0.2) is 41.3 Å². The second kappa shape index (κ2) is 6.29. The molecular weight excluding hydrogens is 300 g/mol. The Balaban J connectivity index is 1.54. The molecule has 4 nitrogen and oxygen atoms in total. The Bertz CT molecular complexity index is 799. The fourth-order valence-corrected chi connectivity index (χ4v) is 4.16. The van der Waals surface area contributed by atoms with Crippen molar-refractivity contribution in [1.82, 2.24) is 10.2 Å². The fraction of sp³-hybridized carbons (Fsp3) is 0.350. The lowest BCUT2D eigenvalue weighted by Gasteiger charge is -2.34. The molecule has 2 aromatic rings. The second-order valence-electron chi connectivity index (χ2n) is 6.73. The van der Waals surface area contributed by atoms with Gasteiger partial charge in [0.25, 0.3) is 0 Å². The maximum Gasteiger partial charge on any atom is 0.404 e. The average Bonchev–Trinajstić information content (AvgIpc) is 2.82. The molecule has 24 heavy (non-hydrogen) atoms. The van der Waals surface area contributed by atoms with Crippen LogP contribution in [0.2, 0.25) is 0 Å². The van der Waals surface area contributed by atoms with E-state index in [2.05, 4.69) is 58.8 Å². The average molecular weight is 322 g/mol. The normalized spacial score (nSPS) is 23.2. The van der Waals surface area contributed by atoms with Crippen molar-refractivity contribution in [3.63, 3.8) is 0 Å². The summed E-state index contributed by atoms with van der Waals surface area (Å²) in [5, 5.41) is 13.8. The molecule has 2 aliphatic rings. The van der Waals surface area contributed by atoms with E-state index in [9.17, 15) is 4.79 Å². The van der Waals surface area contributed by atoms with Crippen LogP contribution in [0.4, 0.5) is 4.79 Å². The van der Waals surface area contributed by atoms with Gasteiger partial charge in [-0.2, -0.15) is 0 Å². The van der Waals surface area contributed by atoms with Gasteiger partial charge in [-0.05, 0) is 47.2 Å². The van der Waals surface area contributed by atoms with E-state index in [-0.39, 0.29) is 0 Å². The summed E-state index contributed by atoms with van der Waals surface area (Å²) in [4.78, 5) is 13.1. The van der Waals surface area contributed by atoms with Crippen LogP contribution in [0, 0.1) is 0 Å². The Morgan fingerprint density at radius 1 is 1.17 bits per heavy atom. The van der Waals surface area contributed by atoms with Crippen LogP contribution < -0.4 is 5.32 Å². The standard InChI is InChI=1S/C20H22N2O2/c23-20(24)21-9-10-22-18-7-8-19(22)13-17(12-18)16-6-5-14-3-1-2-4-15(14)11-16/h1-6,11-12,18-19,21H,7-10,13H2,(H,23,24). The highest BCUT2D eigenvalue weighted by atomic mass is 16.4. The summed E-state index contributed by atoms with van der Waals surface area (Å²) in [7, 11) is 0. The van der Waals surface area contributed by atoms with E-state index in [1.54, 1.807) is 0 Å². The van der Waals surface area contributed by atoms with Crippen LogP contribution in [0.15, 0.2) is 48.5 Å². The van der Waals surface area contributed by atoms with Crippen molar-refractivity contribution < 1.29 is 9.90 Å². The van der Waals surface area contributed by atoms with Crippen molar-refractivity contribution in [3.05, 3.63) is 54.1 Å². The summed E-state index contributed by atoms with van der Waals surface area (Å²) in [5.74, 6) is 0. The molecule has 1 amide bonds. The first-order valence-corrected chi connectivity index (χ1v) is 8.63. The van der Waals surface area contributed by atoms with E-state index in [1.165, 1.54) is 34.8 Å². The summed E-state index contributed by atoms with van der Waals surface area (Å²) in [6, 6.07) is 16.2. The highest BCUT2D eigenvalue weighted by Gasteiger charge is 2.36. The van der Waals surface area contributed by atoms with Gasteiger partial charge in [-0.15, -0.1) is 0 Å². The minimum atomic E-state index is -0.938. The van der Waals surface area contributed by atoms with Gasteiger partial charge >= 0.3 is 6.09 Å². The van der Waals surface area contributed by atoms with Gasteiger partial charge in [0.05, 0.1) is 0 Å². The van der Waals surface area contributed by atoms with E-state index < -0.39 is 6.09 Å². The van der Waals surface area contributed by atoms with Crippen molar-refractivity contribution >= 4 is 22.4 Å². The predicted octanol–water partition coefficient (Wildman–Crippen LogP) is 3.73. The van der Waals surface area contributed by atoms with Crippen molar-refractivity contribution in [3.8, 4) is 0 Å². The molecule has 1 saturated heterocycles. The van der Waals surface area contributed by atoms with Crippen molar-refractivity contribution in [2.45, 2.75) is 31.3 Å². The quantitative estimate of drug-likeness (QED) is 0.902. The summed E-state index contributed by atoms with van der Waals surface area (Å²) in [5.41, 5.74) is 2.77. The lowest BCUT2D eigenvalue weighted by atomic mass is 9.93. The van der Waals surface area contributed by atoms with Gasteiger partial charge in [0.1, 0.15) is 0 Å². The van der Waals surface area contributed by atoms with Crippen LogP contribution in [0.25, 0.3) is 16.3 Å². The molecule has 2 atom stereocenters. The number of carboxylic acid groups (broad SMARTS) is 1. The molecule has 2 unspecified atom stereocenters. The van der Waals surface area contributed by atoms with Crippen LogP contribution in [0.3, 0.4) is 0 Å². The molecule has 0 radical (unpaired) electrons. The van der Waals surface area contributed by atoms with Gasteiger partial charge in [-0.1, -0.05) is 42.5 Å². The predicted molar refractivity (Wildman–Crippen MR) is 96.1 cm³/mol. The zero-order chi connectivity index (χ0) is 16.5. The number of nitrogens with one attached hydrogen (secondary N) is 1. The smallest absolute Gasteiger partial charge is 0.404 e. The lowest BCUT2D eigenvalue weighted by molar-refractivity contribution is 0.184. The van der Waals surface area contributed by atoms with Crippen LogP contribution in [0.5, 0.6) is 0 Å². The van der Waals surface area contributed by atoms with Gasteiger partial charge in [-0.3, -0.25) is 4.90 Å². The highest BCUT2D eigenvalue weighted by Crippen LogP contribution is 2.38. The van der Waals surface area contributed by atoms with E-state index >= 15 is 0 Å². The van der Waals surface area contributed by atoms with Gasteiger partial charge in [0.15, 0.2) is 0 Å². The Morgan fingerprint density at radius 2 is 2.00 bits per heavy atom. The van der Waals surface area contributed by atoms with Crippen LogP contribution in [-0.2, 0) is 0 Å². The van der Waals surface area contributed by atoms with E-state index in [1.807, 2.05) is 0 Å². The number of carbonyl (C=O) groups is 1. The zero-order valence-electron chi connectivity index (χ0n) is 13.6. The molecule has 2 aliphatic heterocycles. The fourth-order valence-electron chi connectivity index (χ4n) is 4.16. The van der Waals surface area contributed by atoms with E-state index in [0.29, 0.717) is 18.6 Å². The molecule has 0 spiro atoms. The molecule has 0 saturated carbocycles. The Labute approximate surface area is 141 Å². The van der Waals surface area contributed by atoms with Crippen LogP contribution >= 0.6 is 0 Å². The third-order valence-corrected chi connectivity index (χ3v) is 5.31. The molecule has 2 N–H and O–H groups in total. The molecule has 2 aromatic carbocycles. The van der Waals surface area contributed by atoms with Gasteiger partial charge in [-0.25, -0.2) is 4.79 Å². The van der Waals surface area contributed by atoms with Gasteiger partial charge < -0.3 is 10.4 Å². The SMILES string of the molecule is O=C(O)NCCN1C2C=C(c3ccc4ccccc4c3)CC1CC2. The molecule has 4 heteroatoms. The summed E-state index contributed by atoms with van der Waals surface area (Å²) in [6.45, 7) is 1.30. The zero-order valence-corrected chi connectivity index (χ0v) is 13.6. The largest absolute Gasteiger partial charge is 0.465 e. The first-order chi connectivity index (χ1) is 11.7. The van der Waals surface area contributed by atoms with Gasteiger partial charge in [0.2, 0.25) is 0 Å². The summed E-state index contributed by atoms with van der Waals surface area (Å²) >= 11 is 0. The van der Waals surface area contributed by atoms with Crippen molar-refractivity contribution in [2.75, 3.05) is 13.1 Å². The maximum atomic E-state index is 10.6. The number of rotatable bonds is 4. The minimum Gasteiger partial charge on any atom is -0.465 e. The molecule has 0 aromatic heterocycles. The number of nitrogens with zero attached hydrogens (tertiary/aromatic N) is 1. The Kier molecular flexibility index (Phi) is 3.98. The third-order valence-electron chi connectivity index (χ3n) is 5.31. The second-order valence-corrected chi connectivity index (χ2v) is 6.73. The minimum absolute atomic E-state index is 0.445. The first kappa shape index (κ1) is 15.2.